The summed E-state index contributed by atoms with van der Waals surface area (Å²) in [5.41, 5.74) is 0.881. The van der Waals surface area contributed by atoms with Crippen molar-refractivity contribution < 1.29 is 18.3 Å². The molecule has 1 aromatic heterocycles. The fourth-order valence-electron chi connectivity index (χ4n) is 3.67. The first-order valence-corrected chi connectivity index (χ1v) is 8.81. The van der Waals surface area contributed by atoms with Crippen LogP contribution in [-0.4, -0.2) is 49.4 Å². The highest BCUT2D eigenvalue weighted by molar-refractivity contribution is 5.56. The van der Waals surface area contributed by atoms with Crippen LogP contribution in [0.3, 0.4) is 0 Å². The number of aromatic nitrogens is 1. The molecule has 6 heteroatoms. The van der Waals surface area contributed by atoms with E-state index in [0.717, 1.165) is 52.4 Å². The lowest BCUT2D eigenvalue weighted by Crippen LogP contribution is -2.42. The van der Waals surface area contributed by atoms with Gasteiger partial charge in [-0.25, -0.2) is 9.37 Å². The molecule has 0 unspecified atom stereocenters. The van der Waals surface area contributed by atoms with E-state index in [1.54, 1.807) is 12.3 Å². The molecule has 134 valence electrons. The Hall–Kier alpha value is -1.76. The molecule has 2 aromatic rings. The van der Waals surface area contributed by atoms with Gasteiger partial charge >= 0.3 is 0 Å². The second-order valence-electron chi connectivity index (χ2n) is 7.00. The minimum absolute atomic E-state index is 0.173. The van der Waals surface area contributed by atoms with Crippen LogP contribution in [0.4, 0.5) is 4.39 Å². The summed E-state index contributed by atoms with van der Waals surface area (Å²) in [6, 6.07) is 6.38. The third-order valence-corrected chi connectivity index (χ3v) is 5.09. The van der Waals surface area contributed by atoms with E-state index in [4.69, 9.17) is 13.9 Å². The van der Waals surface area contributed by atoms with Gasteiger partial charge in [0.25, 0.3) is 0 Å². The Kier molecular flexibility index (Phi) is 4.83. The molecule has 5 nitrogen and oxygen atoms in total. The Bertz CT molecular complexity index is 712. The zero-order chi connectivity index (χ0) is 17.1. The van der Waals surface area contributed by atoms with Crippen molar-refractivity contribution >= 4 is 0 Å². The summed E-state index contributed by atoms with van der Waals surface area (Å²) in [7, 11) is 0. The highest BCUT2D eigenvalue weighted by Gasteiger charge is 2.36. The molecule has 1 aromatic carbocycles. The smallest absolute Gasteiger partial charge is 0.209 e. The van der Waals surface area contributed by atoms with Crippen LogP contribution >= 0.6 is 0 Å². The molecule has 0 N–H and O–H groups in total. The van der Waals surface area contributed by atoms with Crippen LogP contribution < -0.4 is 0 Å². The second kappa shape index (κ2) is 7.23. The standard InChI is InChI=1S/C19H23FN2O3/c20-16-3-1-2-15(10-16)17-11-21-18(25-17)12-22-6-9-24-14-19(13-22)4-7-23-8-5-19/h1-3,10-11H,4-9,12-14H2. The van der Waals surface area contributed by atoms with Crippen LogP contribution in [0.1, 0.15) is 18.7 Å². The fraction of sp³-hybridized carbons (Fsp3) is 0.526. The molecule has 3 heterocycles. The highest BCUT2D eigenvalue weighted by atomic mass is 19.1. The number of nitrogens with zero attached hydrogens (tertiary/aromatic N) is 2. The first kappa shape index (κ1) is 16.7. The van der Waals surface area contributed by atoms with E-state index in [0.29, 0.717) is 23.8 Å². The Balaban J connectivity index is 1.46. The monoisotopic (exact) mass is 346 g/mol. The third-order valence-electron chi connectivity index (χ3n) is 5.09. The summed E-state index contributed by atoms with van der Waals surface area (Å²) in [6.45, 7) is 5.60. The topological polar surface area (TPSA) is 47.7 Å². The van der Waals surface area contributed by atoms with Gasteiger partial charge in [-0.3, -0.25) is 4.90 Å². The minimum Gasteiger partial charge on any atom is -0.439 e. The third kappa shape index (κ3) is 3.92. The van der Waals surface area contributed by atoms with E-state index in [9.17, 15) is 4.39 Å². The first-order chi connectivity index (χ1) is 12.2. The summed E-state index contributed by atoms with van der Waals surface area (Å²) in [5.74, 6) is 0.978. The van der Waals surface area contributed by atoms with Gasteiger partial charge < -0.3 is 13.9 Å². The van der Waals surface area contributed by atoms with Gasteiger partial charge in [-0.15, -0.1) is 0 Å². The van der Waals surface area contributed by atoms with Gasteiger partial charge in [0, 0.05) is 37.3 Å². The minimum atomic E-state index is -0.276. The molecule has 1 spiro atoms. The number of oxazole rings is 1. The van der Waals surface area contributed by atoms with Crippen molar-refractivity contribution in [1.29, 1.82) is 0 Å². The lowest BCUT2D eigenvalue weighted by atomic mass is 9.80. The second-order valence-corrected chi connectivity index (χ2v) is 7.00. The molecule has 0 atom stereocenters. The molecule has 2 fully saturated rings. The molecule has 0 saturated carbocycles. The molecule has 0 bridgehead atoms. The summed E-state index contributed by atoms with van der Waals surface area (Å²) in [6.07, 6.45) is 3.73. The predicted octanol–water partition coefficient (Wildman–Crippen LogP) is 3.11. The molecular weight excluding hydrogens is 323 g/mol. The number of ether oxygens (including phenoxy) is 2. The maximum absolute atomic E-state index is 13.4. The van der Waals surface area contributed by atoms with Gasteiger partial charge in [-0.1, -0.05) is 12.1 Å². The van der Waals surface area contributed by atoms with Gasteiger partial charge in [-0.05, 0) is 25.0 Å². The SMILES string of the molecule is Fc1cccc(-c2cnc(CN3CCOCC4(CCOCC4)C3)o2)c1. The van der Waals surface area contributed by atoms with Crippen molar-refractivity contribution in [2.75, 3.05) is 39.5 Å². The van der Waals surface area contributed by atoms with Crippen molar-refractivity contribution in [3.05, 3.63) is 42.2 Å². The number of benzene rings is 1. The zero-order valence-corrected chi connectivity index (χ0v) is 14.2. The maximum atomic E-state index is 13.4. The van der Waals surface area contributed by atoms with Crippen LogP contribution in [0.25, 0.3) is 11.3 Å². The van der Waals surface area contributed by atoms with E-state index >= 15 is 0 Å². The van der Waals surface area contributed by atoms with Gasteiger partial charge in [0.2, 0.25) is 5.89 Å². The molecule has 0 radical (unpaired) electrons. The van der Waals surface area contributed by atoms with Crippen molar-refractivity contribution in [3.63, 3.8) is 0 Å². The van der Waals surface area contributed by atoms with Crippen LogP contribution in [0.15, 0.2) is 34.9 Å². The molecule has 2 saturated heterocycles. The largest absolute Gasteiger partial charge is 0.439 e. The maximum Gasteiger partial charge on any atom is 0.209 e. The van der Waals surface area contributed by atoms with Crippen LogP contribution in [0.2, 0.25) is 0 Å². The number of hydrogen-bond acceptors (Lipinski definition) is 5. The Labute approximate surface area is 146 Å². The number of rotatable bonds is 3. The predicted molar refractivity (Wildman–Crippen MR) is 90.5 cm³/mol. The molecule has 4 rings (SSSR count). The molecular formula is C19H23FN2O3. The molecule has 25 heavy (non-hydrogen) atoms. The van der Waals surface area contributed by atoms with E-state index in [1.807, 2.05) is 6.07 Å². The van der Waals surface area contributed by atoms with Gasteiger partial charge in [0.15, 0.2) is 5.76 Å². The molecule has 2 aliphatic heterocycles. The van der Waals surface area contributed by atoms with E-state index in [2.05, 4.69) is 9.88 Å². The van der Waals surface area contributed by atoms with E-state index in [1.165, 1.54) is 12.1 Å². The Morgan fingerprint density at radius 1 is 1.16 bits per heavy atom. The lowest BCUT2D eigenvalue weighted by molar-refractivity contribution is -0.0323. The normalized spacial score (nSPS) is 21.3. The van der Waals surface area contributed by atoms with Crippen LogP contribution in [0.5, 0.6) is 0 Å². The Morgan fingerprint density at radius 3 is 2.88 bits per heavy atom. The molecule has 0 aliphatic carbocycles. The van der Waals surface area contributed by atoms with Crippen molar-refractivity contribution in [3.8, 4) is 11.3 Å². The van der Waals surface area contributed by atoms with Gasteiger partial charge in [0.1, 0.15) is 5.82 Å². The number of halogens is 1. The van der Waals surface area contributed by atoms with Crippen molar-refractivity contribution in [2.45, 2.75) is 19.4 Å². The highest BCUT2D eigenvalue weighted by Crippen LogP contribution is 2.34. The van der Waals surface area contributed by atoms with Crippen LogP contribution in [0, 0.1) is 11.2 Å². The van der Waals surface area contributed by atoms with E-state index < -0.39 is 0 Å². The summed E-state index contributed by atoms with van der Waals surface area (Å²) in [4.78, 5) is 6.73. The summed E-state index contributed by atoms with van der Waals surface area (Å²) >= 11 is 0. The average molecular weight is 346 g/mol. The van der Waals surface area contributed by atoms with Crippen LogP contribution in [-0.2, 0) is 16.0 Å². The van der Waals surface area contributed by atoms with Crippen molar-refractivity contribution in [1.82, 2.24) is 9.88 Å². The van der Waals surface area contributed by atoms with Gasteiger partial charge in [0.05, 0.1) is 26.0 Å². The van der Waals surface area contributed by atoms with Gasteiger partial charge in [-0.2, -0.15) is 0 Å². The molecule has 0 amide bonds. The fourth-order valence-corrected chi connectivity index (χ4v) is 3.67. The van der Waals surface area contributed by atoms with Crippen molar-refractivity contribution in [2.24, 2.45) is 5.41 Å². The summed E-state index contributed by atoms with van der Waals surface area (Å²) < 4.78 is 30.6. The quantitative estimate of drug-likeness (QED) is 0.855. The Morgan fingerprint density at radius 2 is 2.04 bits per heavy atom. The average Bonchev–Trinajstić information content (AvgIpc) is 2.99. The number of hydrogen-bond donors (Lipinski definition) is 0. The van der Waals surface area contributed by atoms with E-state index in [-0.39, 0.29) is 11.2 Å². The lowest BCUT2D eigenvalue weighted by Gasteiger charge is -2.38. The molecule has 2 aliphatic rings. The summed E-state index contributed by atoms with van der Waals surface area (Å²) in [5, 5.41) is 0. The first-order valence-electron chi connectivity index (χ1n) is 8.81. The zero-order valence-electron chi connectivity index (χ0n) is 14.2.